The van der Waals surface area contributed by atoms with Crippen molar-refractivity contribution in [2.45, 2.75) is 332 Å². The number of rotatable bonds is 13. The Morgan fingerprint density at radius 3 is 0.537 bits per heavy atom. The maximum absolute atomic E-state index is 8.66. The minimum Gasteiger partial charge on any atom is -0.497 e. The third-order valence-corrected chi connectivity index (χ3v) is 10.6. The number of methoxy groups -OCH3 is 8. The average Bonchev–Trinajstić information content (AvgIpc) is 0.925. The van der Waals surface area contributed by atoms with E-state index in [2.05, 4.69) is 6.92 Å². The lowest BCUT2D eigenvalue weighted by atomic mass is 10.2. The van der Waals surface area contributed by atoms with Gasteiger partial charge in [-0.2, -0.15) is 0 Å². The van der Waals surface area contributed by atoms with Gasteiger partial charge in [0, 0.05) is 6.07 Å². The minimum atomic E-state index is 0.0873. The summed E-state index contributed by atoms with van der Waals surface area (Å²) < 4.78 is 50.2. The summed E-state index contributed by atoms with van der Waals surface area (Å²) >= 11 is 0. The van der Waals surface area contributed by atoms with E-state index in [1.165, 1.54) is 16.7 Å². The zero-order valence-corrected chi connectivity index (χ0v) is 91.7. The molecule has 11 nitrogen and oxygen atoms in total. The van der Waals surface area contributed by atoms with Crippen molar-refractivity contribution in [1.29, 1.82) is 0 Å². The van der Waals surface area contributed by atoms with Crippen LogP contribution in [0.2, 0.25) is 0 Å². The molecule has 9 aromatic rings. The molecule has 11 heteroatoms. The Morgan fingerprint density at radius 1 is 0.187 bits per heavy atom. The van der Waals surface area contributed by atoms with E-state index in [-0.39, 0.29) is 6.61 Å². The van der Waals surface area contributed by atoms with E-state index in [0.29, 0.717) is 0 Å². The fourth-order valence-corrected chi connectivity index (χ4v) is 6.18. The first-order valence-electron chi connectivity index (χ1n) is 47.2. The van der Waals surface area contributed by atoms with Crippen LogP contribution < -0.4 is 47.4 Å². The van der Waals surface area contributed by atoms with E-state index in [1.54, 1.807) is 56.9 Å². The third-order valence-electron chi connectivity index (χ3n) is 10.6. The number of para-hydroxylation sites is 6. The molecule has 123 heavy (non-hydrogen) atoms. The summed E-state index contributed by atoms with van der Waals surface area (Å²) in [4.78, 5) is 0. The number of ether oxygens (including phenoxy) is 10. The van der Waals surface area contributed by atoms with Gasteiger partial charge in [-0.05, 0) is 148 Å². The third kappa shape index (κ3) is 142. The van der Waals surface area contributed by atoms with Crippen molar-refractivity contribution in [2.75, 3.05) is 70.1 Å². The van der Waals surface area contributed by atoms with Gasteiger partial charge in [0.05, 0.1) is 76.7 Å². The number of aryl methyl sites for hydroxylation is 3. The Bertz CT molecular complexity index is 2650. The highest BCUT2D eigenvalue weighted by Gasteiger charge is 1.95. The van der Waals surface area contributed by atoms with Crippen LogP contribution in [-0.4, -0.2) is 75.2 Å². The van der Waals surface area contributed by atoms with Crippen LogP contribution in [0.4, 0.5) is 0 Å². The molecule has 0 heterocycles. The lowest BCUT2D eigenvalue weighted by molar-refractivity contribution is 0.281. The summed E-state index contributed by atoms with van der Waals surface area (Å²) in [5.41, 5.74) is 4.52. The predicted molar refractivity (Wildman–Crippen MR) is 571 cm³/mol. The van der Waals surface area contributed by atoms with Gasteiger partial charge in [-0.25, -0.2) is 0 Å². The normalized spacial score (nSPS) is 6.96. The first-order chi connectivity index (χ1) is 60.5. The van der Waals surface area contributed by atoms with Crippen LogP contribution in [0.15, 0.2) is 243 Å². The molecular formula is C112H212O11. The quantitative estimate of drug-likeness (QED) is 0.119. The molecular weight excluding hydrogens is 1520 g/mol. The largest absolute Gasteiger partial charge is 0.497 e. The van der Waals surface area contributed by atoms with Crippen LogP contribution >= 0.6 is 0 Å². The second-order valence-electron chi connectivity index (χ2n) is 16.4. The lowest BCUT2D eigenvalue weighted by Gasteiger charge is -2.01. The van der Waals surface area contributed by atoms with Gasteiger partial charge in [-0.15, -0.1) is 0 Å². The van der Waals surface area contributed by atoms with Crippen molar-refractivity contribution >= 4 is 0 Å². The Hall–Kier alpha value is -9.06. The highest BCUT2D eigenvalue weighted by Crippen LogP contribution is 2.19. The first-order valence-corrected chi connectivity index (χ1v) is 47.2. The van der Waals surface area contributed by atoms with Crippen molar-refractivity contribution in [2.24, 2.45) is 0 Å². The summed E-state index contributed by atoms with van der Waals surface area (Å²) in [6.45, 7) is 95.6. The standard InChI is InChI=1S/2C8H10O2.5C8H10O.2C7H8O.21C2H6/c1-9-7-4-3-5-8(6-7)10-2;1-10-8-4-2-7(6-9)3-5-8;1-7-3-5-8(9-2)6-4-7;2*1-7-5-3-4-6-8(7)9-2;2*1-2-9-8-6-4-3-5-7-8;2*1-8-7-5-3-2-4-6-7;21*1-2/h3-6H,1-2H3;2-5,9H,6H2,1H3;3*3-6H,1-2H3;2*3-7H,2H2,1H3;2*2-6H,1H3;21*1-2H3. The van der Waals surface area contributed by atoms with Gasteiger partial charge in [0.15, 0.2) is 0 Å². The fraction of sp³-hybridized carbons (Fsp3) is 0.518. The van der Waals surface area contributed by atoms with E-state index in [0.717, 1.165) is 76.3 Å². The first kappa shape index (κ1) is 168. The number of hydrogen-bond donors (Lipinski definition) is 1. The molecule has 9 aromatic carbocycles. The van der Waals surface area contributed by atoms with E-state index < -0.39 is 0 Å². The Morgan fingerprint density at radius 2 is 0.366 bits per heavy atom. The van der Waals surface area contributed by atoms with Crippen molar-refractivity contribution < 1.29 is 52.5 Å². The van der Waals surface area contributed by atoms with Gasteiger partial charge < -0.3 is 52.5 Å². The van der Waals surface area contributed by atoms with Crippen molar-refractivity contribution in [3.05, 3.63) is 265 Å². The molecule has 0 radical (unpaired) electrons. The molecule has 9 rings (SSSR count). The summed E-state index contributed by atoms with van der Waals surface area (Å²) in [5.74, 6) is 8.99. The van der Waals surface area contributed by atoms with Crippen LogP contribution in [0.25, 0.3) is 0 Å². The summed E-state index contributed by atoms with van der Waals surface area (Å²) in [7, 11) is 13.2. The minimum absolute atomic E-state index is 0.0873. The maximum atomic E-state index is 8.66. The van der Waals surface area contributed by atoms with Gasteiger partial charge in [0.1, 0.15) is 57.5 Å². The monoisotopic (exact) mass is 1730 g/mol. The second kappa shape index (κ2) is 192. The van der Waals surface area contributed by atoms with Crippen LogP contribution in [0.3, 0.4) is 0 Å². The lowest BCUT2D eigenvalue weighted by Crippen LogP contribution is -1.89. The molecule has 0 spiro atoms. The fourth-order valence-electron chi connectivity index (χ4n) is 6.18. The highest BCUT2D eigenvalue weighted by molar-refractivity contribution is 5.34. The van der Waals surface area contributed by atoms with Gasteiger partial charge >= 0.3 is 0 Å². The van der Waals surface area contributed by atoms with Gasteiger partial charge in [-0.3, -0.25) is 0 Å². The molecule has 0 saturated heterocycles. The number of aliphatic hydroxyl groups excluding tert-OH is 1. The molecule has 0 aliphatic heterocycles. The number of aliphatic hydroxyl groups is 1. The Kier molecular flexibility index (Phi) is 262. The molecule has 0 unspecified atom stereocenters. The van der Waals surface area contributed by atoms with E-state index >= 15 is 0 Å². The van der Waals surface area contributed by atoms with Crippen molar-refractivity contribution in [1.82, 2.24) is 0 Å². The molecule has 1 N–H and O–H groups in total. The second-order valence-corrected chi connectivity index (χ2v) is 16.4. The van der Waals surface area contributed by atoms with E-state index in [4.69, 9.17) is 52.5 Å². The molecule has 0 atom stereocenters. The smallest absolute Gasteiger partial charge is 0.122 e. The summed E-state index contributed by atoms with van der Waals surface area (Å²) in [6.07, 6.45) is 0. The Labute approximate surface area is 772 Å². The van der Waals surface area contributed by atoms with Crippen molar-refractivity contribution in [3.8, 4) is 57.5 Å². The molecule has 0 bridgehead atoms. The maximum Gasteiger partial charge on any atom is 0.122 e. The van der Waals surface area contributed by atoms with E-state index in [1.807, 2.05) is 561 Å². The molecule has 0 fully saturated rings. The van der Waals surface area contributed by atoms with Crippen LogP contribution in [-0.2, 0) is 6.61 Å². The number of benzene rings is 9. The zero-order chi connectivity index (χ0) is 102. The SMILES string of the molecule is CC.CC.CC.CC.CC.CC.CC.CC.CC.CC.CC.CC.CC.CC.CC.CC.CC.CC.CC.CC.CC.CCOc1ccccc1.CCOc1ccccc1.COc1ccc(C)cc1.COc1ccc(CO)cc1.COc1cccc(OC)c1.COc1ccccc1.COc1ccccc1.COc1ccccc1C.COc1ccccc1C. The summed E-state index contributed by atoms with van der Waals surface area (Å²) in [5, 5.41) is 8.66. The predicted octanol–water partition coefficient (Wildman–Crippen LogP) is 38.0. The highest BCUT2D eigenvalue weighted by atomic mass is 16.5. The van der Waals surface area contributed by atoms with Crippen LogP contribution in [0.1, 0.15) is 327 Å². The molecule has 0 saturated carbocycles. The average molecular weight is 1730 g/mol. The molecule has 0 aromatic heterocycles. The van der Waals surface area contributed by atoms with Crippen LogP contribution in [0.5, 0.6) is 57.5 Å². The van der Waals surface area contributed by atoms with Gasteiger partial charge in [0.25, 0.3) is 0 Å². The van der Waals surface area contributed by atoms with E-state index in [9.17, 15) is 0 Å². The molecule has 726 valence electrons. The van der Waals surface area contributed by atoms with Crippen molar-refractivity contribution in [3.63, 3.8) is 0 Å². The summed E-state index contributed by atoms with van der Waals surface area (Å²) in [6, 6.07) is 77.6. The molecule has 0 aliphatic rings. The molecule has 0 amide bonds. The molecule has 0 aliphatic carbocycles. The van der Waals surface area contributed by atoms with Gasteiger partial charge in [0.2, 0.25) is 0 Å². The van der Waals surface area contributed by atoms with Crippen LogP contribution in [0, 0.1) is 20.8 Å². The Balaban J connectivity index is -0.0000000475. The zero-order valence-electron chi connectivity index (χ0n) is 91.7. The topological polar surface area (TPSA) is 113 Å². The number of hydrogen-bond acceptors (Lipinski definition) is 11. The van der Waals surface area contributed by atoms with Gasteiger partial charge in [-0.1, -0.05) is 436 Å².